The Balaban J connectivity index is 2.27. The number of hydrogen-bond acceptors (Lipinski definition) is 3. The summed E-state index contributed by atoms with van der Waals surface area (Å²) in [6.07, 6.45) is 1.62. The molecule has 1 saturated carbocycles. The number of cyclic esters (lactones) is 1. The standard InChI is InChI=1S/C7H10N2O2/c1-7(4-2-3-4)5(8)9-6(10)11-7/h4H,2-3H2,1H3,(H2,8,9,10). The minimum absolute atomic E-state index is 0.338. The fraction of sp³-hybridized carbons (Fsp3) is 0.714. The molecular weight excluding hydrogens is 144 g/mol. The first kappa shape index (κ1) is 6.64. The van der Waals surface area contributed by atoms with Gasteiger partial charge in [-0.2, -0.15) is 4.99 Å². The summed E-state index contributed by atoms with van der Waals surface area (Å²) in [4.78, 5) is 14.2. The maximum Gasteiger partial charge on any atom is 0.436 e. The van der Waals surface area contributed by atoms with E-state index in [0.717, 1.165) is 12.8 Å². The maximum atomic E-state index is 10.7. The lowest BCUT2D eigenvalue weighted by molar-refractivity contribution is 0.0786. The van der Waals surface area contributed by atoms with Crippen molar-refractivity contribution in [2.75, 3.05) is 0 Å². The zero-order chi connectivity index (χ0) is 8.06. The third kappa shape index (κ3) is 0.818. The van der Waals surface area contributed by atoms with Gasteiger partial charge in [-0.3, -0.25) is 0 Å². The van der Waals surface area contributed by atoms with Crippen LogP contribution in [0.2, 0.25) is 0 Å². The zero-order valence-corrected chi connectivity index (χ0v) is 6.33. The molecule has 2 rings (SSSR count). The zero-order valence-electron chi connectivity index (χ0n) is 6.33. The third-order valence-electron chi connectivity index (χ3n) is 2.38. The van der Waals surface area contributed by atoms with Gasteiger partial charge in [0.25, 0.3) is 0 Å². The summed E-state index contributed by atoms with van der Waals surface area (Å²) in [5.41, 5.74) is 4.96. The Morgan fingerprint density at radius 3 is 2.73 bits per heavy atom. The molecule has 0 aromatic carbocycles. The number of amidine groups is 1. The molecule has 1 fully saturated rings. The lowest BCUT2D eigenvalue weighted by Crippen LogP contribution is -2.41. The van der Waals surface area contributed by atoms with E-state index in [1.807, 2.05) is 6.92 Å². The Morgan fingerprint density at radius 2 is 2.36 bits per heavy atom. The van der Waals surface area contributed by atoms with Crippen LogP contribution in [0.5, 0.6) is 0 Å². The summed E-state index contributed by atoms with van der Waals surface area (Å²) in [7, 11) is 0. The molecule has 60 valence electrons. The van der Waals surface area contributed by atoms with Gasteiger partial charge in [0.2, 0.25) is 0 Å². The molecule has 1 atom stereocenters. The first-order chi connectivity index (χ1) is 5.13. The van der Waals surface area contributed by atoms with Crippen LogP contribution in [-0.4, -0.2) is 17.5 Å². The molecule has 1 unspecified atom stereocenters. The minimum Gasteiger partial charge on any atom is -0.433 e. The first-order valence-corrected chi connectivity index (χ1v) is 3.70. The van der Waals surface area contributed by atoms with Crippen LogP contribution >= 0.6 is 0 Å². The van der Waals surface area contributed by atoms with Gasteiger partial charge in [0.1, 0.15) is 0 Å². The van der Waals surface area contributed by atoms with Crippen LogP contribution in [0.25, 0.3) is 0 Å². The summed E-state index contributed by atoms with van der Waals surface area (Å²) in [6, 6.07) is 0. The van der Waals surface area contributed by atoms with Gasteiger partial charge in [-0.15, -0.1) is 0 Å². The van der Waals surface area contributed by atoms with Gasteiger partial charge < -0.3 is 10.5 Å². The number of rotatable bonds is 1. The Kier molecular flexibility index (Phi) is 1.06. The van der Waals surface area contributed by atoms with Crippen LogP contribution in [0.3, 0.4) is 0 Å². The van der Waals surface area contributed by atoms with Crippen LogP contribution in [0.15, 0.2) is 4.99 Å². The van der Waals surface area contributed by atoms with Gasteiger partial charge in [-0.1, -0.05) is 0 Å². The molecule has 1 amide bonds. The van der Waals surface area contributed by atoms with E-state index in [9.17, 15) is 4.79 Å². The van der Waals surface area contributed by atoms with Crippen molar-refractivity contribution in [2.24, 2.45) is 16.6 Å². The highest BCUT2D eigenvalue weighted by atomic mass is 16.6. The molecule has 0 bridgehead atoms. The molecule has 1 aliphatic carbocycles. The number of nitrogens with zero attached hydrogens (tertiary/aromatic N) is 1. The smallest absolute Gasteiger partial charge is 0.433 e. The van der Waals surface area contributed by atoms with Crippen molar-refractivity contribution in [3.05, 3.63) is 0 Å². The number of carbonyl (C=O) groups is 1. The van der Waals surface area contributed by atoms with E-state index in [0.29, 0.717) is 11.8 Å². The summed E-state index contributed by atoms with van der Waals surface area (Å²) < 4.78 is 5.02. The molecule has 2 aliphatic rings. The van der Waals surface area contributed by atoms with Crippen LogP contribution in [0.4, 0.5) is 4.79 Å². The number of ether oxygens (including phenoxy) is 1. The molecule has 0 spiro atoms. The molecule has 0 saturated heterocycles. The second-order valence-corrected chi connectivity index (χ2v) is 3.25. The molecule has 0 radical (unpaired) electrons. The molecule has 1 heterocycles. The van der Waals surface area contributed by atoms with Gasteiger partial charge in [0.15, 0.2) is 11.4 Å². The Hall–Kier alpha value is -1.06. The van der Waals surface area contributed by atoms with Crippen molar-refractivity contribution in [1.82, 2.24) is 0 Å². The van der Waals surface area contributed by atoms with Crippen molar-refractivity contribution >= 4 is 11.9 Å². The molecule has 1 aliphatic heterocycles. The summed E-state index contributed by atoms with van der Waals surface area (Å²) in [5, 5.41) is 0. The molecule has 2 N–H and O–H groups in total. The van der Waals surface area contributed by atoms with Crippen LogP contribution < -0.4 is 5.73 Å². The predicted octanol–water partition coefficient (Wildman–Crippen LogP) is 0.663. The van der Waals surface area contributed by atoms with Gasteiger partial charge in [-0.25, -0.2) is 4.79 Å². The minimum atomic E-state index is -0.586. The highest BCUT2D eigenvalue weighted by molar-refractivity contribution is 6.02. The average molecular weight is 154 g/mol. The molecule has 0 aromatic rings. The lowest BCUT2D eigenvalue weighted by atomic mass is 10.00. The Labute approximate surface area is 64.4 Å². The molecule has 4 nitrogen and oxygen atoms in total. The van der Waals surface area contributed by atoms with Crippen LogP contribution in [0.1, 0.15) is 19.8 Å². The van der Waals surface area contributed by atoms with E-state index in [-0.39, 0.29) is 0 Å². The van der Waals surface area contributed by atoms with E-state index in [4.69, 9.17) is 10.5 Å². The van der Waals surface area contributed by atoms with Gasteiger partial charge in [-0.05, 0) is 19.8 Å². The van der Waals surface area contributed by atoms with E-state index >= 15 is 0 Å². The SMILES string of the molecule is CC1(C2CC2)OC(=O)N=C1N. The van der Waals surface area contributed by atoms with E-state index < -0.39 is 11.7 Å². The van der Waals surface area contributed by atoms with Gasteiger partial charge in [0.05, 0.1) is 0 Å². The van der Waals surface area contributed by atoms with Crippen molar-refractivity contribution in [2.45, 2.75) is 25.4 Å². The summed E-state index contributed by atoms with van der Waals surface area (Å²) in [5.74, 6) is 0.739. The molecule has 0 aromatic heterocycles. The van der Waals surface area contributed by atoms with Gasteiger partial charge >= 0.3 is 6.09 Å². The van der Waals surface area contributed by atoms with Crippen molar-refractivity contribution in [3.63, 3.8) is 0 Å². The average Bonchev–Trinajstić information content (AvgIpc) is 2.63. The van der Waals surface area contributed by atoms with E-state index in [1.54, 1.807) is 0 Å². The van der Waals surface area contributed by atoms with Crippen molar-refractivity contribution in [3.8, 4) is 0 Å². The monoisotopic (exact) mass is 154 g/mol. The van der Waals surface area contributed by atoms with Crippen LogP contribution in [0, 0.1) is 5.92 Å². The number of aliphatic imine (C=N–C) groups is 1. The second kappa shape index (κ2) is 1.75. The van der Waals surface area contributed by atoms with Crippen molar-refractivity contribution < 1.29 is 9.53 Å². The molecular formula is C7H10N2O2. The summed E-state index contributed by atoms with van der Waals surface area (Å²) >= 11 is 0. The molecule has 4 heteroatoms. The van der Waals surface area contributed by atoms with E-state index in [2.05, 4.69) is 4.99 Å². The maximum absolute atomic E-state index is 10.7. The second-order valence-electron chi connectivity index (χ2n) is 3.25. The Bertz CT molecular complexity index is 245. The van der Waals surface area contributed by atoms with E-state index in [1.165, 1.54) is 0 Å². The van der Waals surface area contributed by atoms with Crippen molar-refractivity contribution in [1.29, 1.82) is 0 Å². The largest absolute Gasteiger partial charge is 0.436 e. The fourth-order valence-electron chi connectivity index (χ4n) is 1.39. The lowest BCUT2D eigenvalue weighted by Gasteiger charge is -2.21. The number of nitrogens with two attached hydrogens (primary N) is 1. The topological polar surface area (TPSA) is 64.7 Å². The number of amides is 1. The number of carbonyl (C=O) groups excluding carboxylic acids is 1. The highest BCUT2D eigenvalue weighted by Crippen LogP contribution is 2.43. The predicted molar refractivity (Wildman–Crippen MR) is 39.2 cm³/mol. The normalized spacial score (nSPS) is 36.8. The molecule has 11 heavy (non-hydrogen) atoms. The third-order valence-corrected chi connectivity index (χ3v) is 2.38. The first-order valence-electron chi connectivity index (χ1n) is 3.70. The van der Waals surface area contributed by atoms with Gasteiger partial charge in [0, 0.05) is 5.92 Å². The highest BCUT2D eigenvalue weighted by Gasteiger charge is 2.51. The number of hydrogen-bond donors (Lipinski definition) is 1. The fourth-order valence-corrected chi connectivity index (χ4v) is 1.39. The Morgan fingerprint density at radius 1 is 1.73 bits per heavy atom. The summed E-state index contributed by atoms with van der Waals surface area (Å²) in [6.45, 7) is 1.83. The van der Waals surface area contributed by atoms with Crippen LogP contribution in [-0.2, 0) is 4.74 Å². The quantitative estimate of drug-likeness (QED) is 0.603.